The summed E-state index contributed by atoms with van der Waals surface area (Å²) in [6.45, 7) is 1.94. The number of aromatic amines is 1. The summed E-state index contributed by atoms with van der Waals surface area (Å²) in [5.41, 5.74) is 7.01. The van der Waals surface area contributed by atoms with Crippen LogP contribution in [0.1, 0.15) is 11.1 Å². The lowest BCUT2D eigenvalue weighted by Gasteiger charge is -2.16. The van der Waals surface area contributed by atoms with Crippen LogP contribution in [0.3, 0.4) is 0 Å². The molecule has 7 heteroatoms. The van der Waals surface area contributed by atoms with Crippen molar-refractivity contribution in [3.63, 3.8) is 0 Å². The highest BCUT2D eigenvalue weighted by molar-refractivity contribution is 7.98. The molecule has 27 heavy (non-hydrogen) atoms. The van der Waals surface area contributed by atoms with Crippen molar-refractivity contribution in [2.24, 2.45) is 5.73 Å². The second-order valence-corrected chi connectivity index (χ2v) is 7.01. The number of amides is 1. The quantitative estimate of drug-likeness (QED) is 0.662. The Bertz CT molecular complexity index is 1100. The van der Waals surface area contributed by atoms with Gasteiger partial charge in [0.15, 0.2) is 0 Å². The highest BCUT2D eigenvalue weighted by Gasteiger charge is 2.19. The molecule has 0 fully saturated rings. The van der Waals surface area contributed by atoms with Gasteiger partial charge in [-0.05, 0) is 43.0 Å². The first-order chi connectivity index (χ1) is 12.9. The normalized spacial score (nSPS) is 10.7. The third kappa shape index (κ3) is 3.88. The van der Waals surface area contributed by atoms with Gasteiger partial charge >= 0.3 is 5.69 Å². The molecule has 0 unspecified atom stereocenters. The van der Waals surface area contributed by atoms with E-state index in [-0.39, 0.29) is 12.0 Å². The van der Waals surface area contributed by atoms with E-state index >= 15 is 0 Å². The standard InChI is InChI=1S/C20H19N3O3S/c1-12-3-5-13(6-4-12)18-16(11-17(21)24)19(25)22-20(26)23(18)14-7-9-15(27-2)10-8-14/h3-10H,11H2,1-2H3,(H2,21,24)(H,22,25,26). The van der Waals surface area contributed by atoms with Gasteiger partial charge in [-0.2, -0.15) is 0 Å². The number of nitrogens with zero attached hydrogens (tertiary/aromatic N) is 1. The highest BCUT2D eigenvalue weighted by atomic mass is 32.2. The first kappa shape index (κ1) is 18.7. The molecule has 0 saturated carbocycles. The molecule has 0 atom stereocenters. The van der Waals surface area contributed by atoms with Crippen LogP contribution < -0.4 is 17.0 Å². The van der Waals surface area contributed by atoms with Gasteiger partial charge in [0.05, 0.1) is 23.4 Å². The number of nitrogens with two attached hydrogens (primary N) is 1. The molecule has 1 aromatic heterocycles. The molecule has 1 heterocycles. The molecule has 0 radical (unpaired) electrons. The summed E-state index contributed by atoms with van der Waals surface area (Å²) in [6, 6.07) is 14.8. The molecule has 0 aliphatic heterocycles. The predicted molar refractivity (Wildman–Crippen MR) is 108 cm³/mol. The first-order valence-electron chi connectivity index (χ1n) is 8.28. The minimum absolute atomic E-state index is 0.167. The van der Waals surface area contributed by atoms with Crippen LogP contribution in [-0.2, 0) is 11.2 Å². The van der Waals surface area contributed by atoms with Gasteiger partial charge in [-0.3, -0.25) is 19.1 Å². The predicted octanol–water partition coefficient (Wildman–Crippen LogP) is 2.25. The number of hydrogen-bond donors (Lipinski definition) is 2. The monoisotopic (exact) mass is 381 g/mol. The minimum Gasteiger partial charge on any atom is -0.369 e. The second-order valence-electron chi connectivity index (χ2n) is 6.13. The van der Waals surface area contributed by atoms with Crippen molar-refractivity contribution in [2.45, 2.75) is 18.2 Å². The van der Waals surface area contributed by atoms with Gasteiger partial charge in [0.25, 0.3) is 5.56 Å². The van der Waals surface area contributed by atoms with E-state index in [9.17, 15) is 14.4 Å². The molecule has 2 aromatic carbocycles. The Morgan fingerprint density at radius 1 is 1.07 bits per heavy atom. The molecule has 6 nitrogen and oxygen atoms in total. The number of benzene rings is 2. The fourth-order valence-corrected chi connectivity index (χ4v) is 3.31. The van der Waals surface area contributed by atoms with Gasteiger partial charge in [0.1, 0.15) is 0 Å². The summed E-state index contributed by atoms with van der Waals surface area (Å²) in [6.07, 6.45) is 1.70. The van der Waals surface area contributed by atoms with Crippen molar-refractivity contribution in [2.75, 3.05) is 6.26 Å². The highest BCUT2D eigenvalue weighted by Crippen LogP contribution is 2.25. The van der Waals surface area contributed by atoms with Crippen LogP contribution in [0.25, 0.3) is 16.9 Å². The van der Waals surface area contributed by atoms with Gasteiger partial charge in [-0.25, -0.2) is 4.79 Å². The van der Waals surface area contributed by atoms with E-state index in [4.69, 9.17) is 5.73 Å². The molecule has 0 saturated heterocycles. The van der Waals surface area contributed by atoms with E-state index in [1.807, 2.05) is 49.6 Å². The van der Waals surface area contributed by atoms with Crippen LogP contribution in [0.5, 0.6) is 0 Å². The molecular weight excluding hydrogens is 362 g/mol. The van der Waals surface area contributed by atoms with Crippen LogP contribution in [0.2, 0.25) is 0 Å². The fraction of sp³-hybridized carbons (Fsp3) is 0.150. The summed E-state index contributed by atoms with van der Waals surface area (Å²) < 4.78 is 1.41. The van der Waals surface area contributed by atoms with Crippen molar-refractivity contribution in [3.05, 3.63) is 80.5 Å². The number of primary amides is 1. The Morgan fingerprint density at radius 3 is 2.26 bits per heavy atom. The van der Waals surface area contributed by atoms with Crippen LogP contribution in [-0.4, -0.2) is 21.7 Å². The second kappa shape index (κ2) is 7.67. The number of aryl methyl sites for hydroxylation is 1. The smallest absolute Gasteiger partial charge is 0.333 e. The van der Waals surface area contributed by atoms with Crippen molar-refractivity contribution in [1.29, 1.82) is 0 Å². The van der Waals surface area contributed by atoms with Gasteiger partial charge in [0.2, 0.25) is 5.91 Å². The number of hydrogen-bond acceptors (Lipinski definition) is 4. The third-order valence-corrected chi connectivity index (χ3v) is 4.96. The molecule has 1 amide bonds. The average molecular weight is 381 g/mol. The van der Waals surface area contributed by atoms with E-state index in [1.165, 1.54) is 4.57 Å². The molecular formula is C20H19N3O3S. The molecule has 3 aromatic rings. The summed E-state index contributed by atoms with van der Waals surface area (Å²) in [4.78, 5) is 40.0. The van der Waals surface area contributed by atoms with Gasteiger partial charge in [-0.15, -0.1) is 11.8 Å². The van der Waals surface area contributed by atoms with Gasteiger partial charge < -0.3 is 5.73 Å². The number of nitrogens with one attached hydrogen (secondary N) is 1. The van der Waals surface area contributed by atoms with E-state index in [1.54, 1.807) is 23.9 Å². The Kier molecular flexibility index (Phi) is 5.32. The summed E-state index contributed by atoms with van der Waals surface area (Å²) in [5, 5.41) is 0. The number of rotatable bonds is 5. The zero-order valence-corrected chi connectivity index (χ0v) is 15.8. The topological polar surface area (TPSA) is 97.9 Å². The minimum atomic E-state index is -0.642. The van der Waals surface area contributed by atoms with Crippen LogP contribution in [0.15, 0.2) is 63.0 Å². The Morgan fingerprint density at radius 2 is 1.70 bits per heavy atom. The third-order valence-electron chi connectivity index (χ3n) is 4.21. The van der Waals surface area contributed by atoms with E-state index < -0.39 is 17.2 Å². The maximum atomic E-state index is 12.7. The van der Waals surface area contributed by atoms with Crippen LogP contribution in [0.4, 0.5) is 0 Å². The van der Waals surface area contributed by atoms with Gasteiger partial charge in [0, 0.05) is 4.90 Å². The fourth-order valence-electron chi connectivity index (χ4n) is 2.90. The lowest BCUT2D eigenvalue weighted by Crippen LogP contribution is -2.34. The van der Waals surface area contributed by atoms with Crippen molar-refractivity contribution in [1.82, 2.24) is 9.55 Å². The molecule has 0 spiro atoms. The Labute approximate surface area is 160 Å². The van der Waals surface area contributed by atoms with Gasteiger partial charge in [-0.1, -0.05) is 29.8 Å². The Hall–Kier alpha value is -3.06. The van der Waals surface area contributed by atoms with Crippen molar-refractivity contribution >= 4 is 17.7 Å². The molecule has 0 aliphatic rings. The van der Waals surface area contributed by atoms with E-state index in [0.717, 1.165) is 10.5 Å². The molecule has 0 aliphatic carbocycles. The zero-order valence-electron chi connectivity index (χ0n) is 15.0. The van der Waals surface area contributed by atoms with Crippen LogP contribution in [0, 0.1) is 6.92 Å². The summed E-state index contributed by atoms with van der Waals surface area (Å²) >= 11 is 1.59. The largest absolute Gasteiger partial charge is 0.369 e. The van der Waals surface area contributed by atoms with Crippen LogP contribution >= 0.6 is 11.8 Å². The lowest BCUT2D eigenvalue weighted by molar-refractivity contribution is -0.117. The molecule has 138 valence electrons. The first-order valence-corrected chi connectivity index (χ1v) is 9.51. The number of aromatic nitrogens is 2. The maximum Gasteiger partial charge on any atom is 0.333 e. The zero-order chi connectivity index (χ0) is 19.6. The molecule has 0 bridgehead atoms. The van der Waals surface area contributed by atoms with E-state index in [2.05, 4.69) is 4.98 Å². The lowest BCUT2D eigenvalue weighted by atomic mass is 10.0. The number of carbonyl (C=O) groups is 1. The number of thioether (sulfide) groups is 1. The summed E-state index contributed by atoms with van der Waals surface area (Å²) in [5.74, 6) is -0.642. The average Bonchev–Trinajstić information content (AvgIpc) is 2.64. The molecule has 3 N–H and O–H groups in total. The SMILES string of the molecule is CSc1ccc(-n2c(-c3ccc(C)cc3)c(CC(N)=O)c(=O)[nH]c2=O)cc1. The number of H-pyrrole nitrogens is 1. The Balaban J connectivity index is 2.36. The van der Waals surface area contributed by atoms with Crippen molar-refractivity contribution < 1.29 is 4.79 Å². The maximum absolute atomic E-state index is 12.7. The van der Waals surface area contributed by atoms with E-state index in [0.29, 0.717) is 16.9 Å². The molecule has 3 rings (SSSR count). The number of carbonyl (C=O) groups excluding carboxylic acids is 1. The summed E-state index contributed by atoms with van der Waals surface area (Å²) in [7, 11) is 0. The van der Waals surface area contributed by atoms with Crippen molar-refractivity contribution in [3.8, 4) is 16.9 Å².